The molecule has 0 amide bonds. The number of anilines is 2. The zero-order chi connectivity index (χ0) is 13.1. The van der Waals surface area contributed by atoms with Crippen molar-refractivity contribution in [2.75, 3.05) is 17.2 Å². The Kier molecular flexibility index (Phi) is 3.96. The smallest absolute Gasteiger partial charge is 0.168 e. The second-order valence-electron chi connectivity index (χ2n) is 4.54. The normalized spacial score (nSPS) is 22.4. The van der Waals surface area contributed by atoms with Crippen LogP contribution < -0.4 is 10.6 Å². The van der Waals surface area contributed by atoms with Gasteiger partial charge in [0, 0.05) is 18.7 Å². The first-order chi connectivity index (χ1) is 8.60. The van der Waals surface area contributed by atoms with Crippen molar-refractivity contribution in [2.24, 2.45) is 0 Å². The molecule has 100 valence electrons. The summed E-state index contributed by atoms with van der Waals surface area (Å²) >= 11 is 0. The van der Waals surface area contributed by atoms with Gasteiger partial charge in [-0.3, -0.25) is 0 Å². The highest BCUT2D eigenvalue weighted by Gasteiger charge is 2.28. The average molecular weight is 257 g/mol. The Balaban J connectivity index is 2.08. The minimum Gasteiger partial charge on any atom is -0.393 e. The zero-order valence-corrected chi connectivity index (χ0v) is 10.2. The van der Waals surface area contributed by atoms with Crippen LogP contribution in [0.1, 0.15) is 26.2 Å². The maximum absolute atomic E-state index is 13.5. The fourth-order valence-corrected chi connectivity index (χ4v) is 1.83. The van der Waals surface area contributed by atoms with Crippen LogP contribution in [0.15, 0.2) is 6.07 Å². The van der Waals surface area contributed by atoms with E-state index in [0.29, 0.717) is 19.4 Å². The van der Waals surface area contributed by atoms with E-state index in [-0.39, 0.29) is 23.8 Å². The van der Waals surface area contributed by atoms with E-state index in [1.807, 2.05) is 6.92 Å². The molecule has 0 bridgehead atoms. The van der Waals surface area contributed by atoms with Crippen LogP contribution in [0, 0.1) is 11.6 Å². The summed E-state index contributed by atoms with van der Waals surface area (Å²) in [4.78, 5) is 3.90. The number of rotatable bonds is 5. The lowest BCUT2D eigenvalue weighted by Crippen LogP contribution is -2.39. The predicted molar refractivity (Wildman–Crippen MR) is 65.6 cm³/mol. The van der Waals surface area contributed by atoms with Crippen molar-refractivity contribution in [3.8, 4) is 0 Å². The highest BCUT2D eigenvalue weighted by Crippen LogP contribution is 2.26. The van der Waals surface area contributed by atoms with E-state index in [4.69, 9.17) is 5.11 Å². The van der Waals surface area contributed by atoms with E-state index in [1.54, 1.807) is 0 Å². The summed E-state index contributed by atoms with van der Waals surface area (Å²) < 4.78 is 26.9. The van der Waals surface area contributed by atoms with Gasteiger partial charge in [-0.15, -0.1) is 0 Å². The molecule has 1 fully saturated rings. The lowest BCUT2D eigenvalue weighted by Gasteiger charge is -2.32. The Hall–Kier alpha value is -1.43. The molecule has 2 rings (SSSR count). The topological polar surface area (TPSA) is 57.2 Å². The first-order valence-electron chi connectivity index (χ1n) is 6.14. The van der Waals surface area contributed by atoms with E-state index in [0.717, 1.165) is 12.5 Å². The summed E-state index contributed by atoms with van der Waals surface area (Å²) in [5.74, 6) is -1.32. The SMILES string of the molecule is CCCNc1nc(NC2CC(O)C2)c(F)cc1F. The Morgan fingerprint density at radius 1 is 1.33 bits per heavy atom. The first kappa shape index (κ1) is 13.0. The molecular formula is C12H17F2N3O. The Bertz CT molecular complexity index is 422. The van der Waals surface area contributed by atoms with Crippen LogP contribution >= 0.6 is 0 Å². The second kappa shape index (κ2) is 5.48. The Morgan fingerprint density at radius 3 is 2.61 bits per heavy atom. The highest BCUT2D eigenvalue weighted by atomic mass is 19.1. The predicted octanol–water partition coefficient (Wildman–Crippen LogP) is 2.12. The fraction of sp³-hybridized carbons (Fsp3) is 0.583. The van der Waals surface area contributed by atoms with Crippen molar-refractivity contribution < 1.29 is 13.9 Å². The monoisotopic (exact) mass is 257 g/mol. The van der Waals surface area contributed by atoms with Crippen LogP contribution in [0.25, 0.3) is 0 Å². The molecule has 1 saturated carbocycles. The van der Waals surface area contributed by atoms with Crippen molar-refractivity contribution in [3.63, 3.8) is 0 Å². The largest absolute Gasteiger partial charge is 0.393 e. The average Bonchev–Trinajstić information content (AvgIpc) is 2.28. The summed E-state index contributed by atoms with van der Waals surface area (Å²) in [5, 5.41) is 14.8. The van der Waals surface area contributed by atoms with Crippen LogP contribution in [-0.2, 0) is 0 Å². The van der Waals surface area contributed by atoms with Crippen molar-refractivity contribution in [1.29, 1.82) is 0 Å². The van der Waals surface area contributed by atoms with E-state index in [1.165, 1.54) is 0 Å². The van der Waals surface area contributed by atoms with Gasteiger partial charge in [0.2, 0.25) is 0 Å². The van der Waals surface area contributed by atoms with Crippen molar-refractivity contribution >= 4 is 11.6 Å². The quantitative estimate of drug-likeness (QED) is 0.756. The molecule has 1 heterocycles. The number of nitrogens with one attached hydrogen (secondary N) is 2. The minimum atomic E-state index is -0.712. The van der Waals surface area contributed by atoms with Gasteiger partial charge in [0.15, 0.2) is 23.3 Å². The highest BCUT2D eigenvalue weighted by molar-refractivity contribution is 5.48. The maximum Gasteiger partial charge on any atom is 0.168 e. The van der Waals surface area contributed by atoms with Crippen LogP contribution in [-0.4, -0.2) is 28.8 Å². The van der Waals surface area contributed by atoms with Gasteiger partial charge in [-0.05, 0) is 19.3 Å². The standard InChI is InChI=1S/C12H17F2N3O/c1-2-3-15-11-9(13)6-10(14)12(17-11)16-7-4-8(18)5-7/h6-8,18H,2-5H2,1H3,(H2,15,16,17). The Morgan fingerprint density at radius 2 is 2.00 bits per heavy atom. The third-order valence-corrected chi connectivity index (χ3v) is 2.93. The molecule has 1 aliphatic rings. The number of pyridine rings is 1. The summed E-state index contributed by atoms with van der Waals surface area (Å²) in [6.45, 7) is 2.53. The van der Waals surface area contributed by atoms with Gasteiger partial charge in [-0.1, -0.05) is 6.92 Å². The summed E-state index contributed by atoms with van der Waals surface area (Å²) in [7, 11) is 0. The number of hydrogen-bond acceptors (Lipinski definition) is 4. The molecule has 0 atom stereocenters. The summed E-state index contributed by atoms with van der Waals surface area (Å²) in [5.41, 5.74) is 0. The third kappa shape index (κ3) is 2.87. The number of aliphatic hydroxyl groups is 1. The molecule has 0 saturated heterocycles. The molecule has 1 aromatic heterocycles. The molecule has 0 radical (unpaired) electrons. The lowest BCUT2D eigenvalue weighted by molar-refractivity contribution is 0.0834. The maximum atomic E-state index is 13.5. The molecule has 0 unspecified atom stereocenters. The van der Waals surface area contributed by atoms with Gasteiger partial charge < -0.3 is 15.7 Å². The van der Waals surface area contributed by atoms with E-state index in [2.05, 4.69) is 15.6 Å². The van der Waals surface area contributed by atoms with Gasteiger partial charge >= 0.3 is 0 Å². The lowest BCUT2D eigenvalue weighted by atomic mass is 9.89. The molecule has 4 nitrogen and oxygen atoms in total. The first-order valence-corrected chi connectivity index (χ1v) is 6.14. The zero-order valence-electron chi connectivity index (χ0n) is 10.2. The molecule has 0 spiro atoms. The van der Waals surface area contributed by atoms with Gasteiger partial charge in [-0.2, -0.15) is 0 Å². The minimum absolute atomic E-state index is 0.00601. The molecule has 1 aliphatic carbocycles. The molecule has 18 heavy (non-hydrogen) atoms. The summed E-state index contributed by atoms with van der Waals surface area (Å²) in [6.07, 6.45) is 1.63. The molecule has 0 aliphatic heterocycles. The van der Waals surface area contributed by atoms with Gasteiger partial charge in [-0.25, -0.2) is 13.8 Å². The fourth-order valence-electron chi connectivity index (χ4n) is 1.83. The third-order valence-electron chi connectivity index (χ3n) is 2.93. The van der Waals surface area contributed by atoms with E-state index < -0.39 is 11.6 Å². The van der Waals surface area contributed by atoms with Crippen LogP contribution in [0.4, 0.5) is 20.4 Å². The number of hydrogen-bond donors (Lipinski definition) is 3. The summed E-state index contributed by atoms with van der Waals surface area (Å²) in [6, 6.07) is 0.828. The molecular weight excluding hydrogens is 240 g/mol. The molecule has 1 aromatic rings. The number of aromatic nitrogens is 1. The van der Waals surface area contributed by atoms with Gasteiger partial charge in [0.05, 0.1) is 6.10 Å². The van der Waals surface area contributed by atoms with Gasteiger partial charge in [0.1, 0.15) is 0 Å². The number of aliphatic hydroxyl groups excluding tert-OH is 1. The number of halogens is 2. The van der Waals surface area contributed by atoms with E-state index in [9.17, 15) is 8.78 Å². The van der Waals surface area contributed by atoms with Crippen LogP contribution in [0.3, 0.4) is 0 Å². The Labute approximate surface area is 104 Å². The van der Waals surface area contributed by atoms with Crippen LogP contribution in [0.5, 0.6) is 0 Å². The van der Waals surface area contributed by atoms with E-state index >= 15 is 0 Å². The molecule has 0 aromatic carbocycles. The van der Waals surface area contributed by atoms with Crippen molar-refractivity contribution in [3.05, 3.63) is 17.7 Å². The second-order valence-corrected chi connectivity index (χ2v) is 4.54. The van der Waals surface area contributed by atoms with Gasteiger partial charge in [0.25, 0.3) is 0 Å². The molecule has 3 N–H and O–H groups in total. The number of nitrogens with zero attached hydrogens (tertiary/aromatic N) is 1. The van der Waals surface area contributed by atoms with Crippen molar-refractivity contribution in [2.45, 2.75) is 38.3 Å². The van der Waals surface area contributed by atoms with Crippen LogP contribution in [0.2, 0.25) is 0 Å². The molecule has 6 heteroatoms. The van der Waals surface area contributed by atoms with Crippen molar-refractivity contribution in [1.82, 2.24) is 4.98 Å².